The van der Waals surface area contributed by atoms with Crippen LogP contribution in [0.5, 0.6) is 0 Å². The van der Waals surface area contributed by atoms with Crippen molar-refractivity contribution < 1.29 is 4.79 Å². The molecular weight excluding hydrogens is 550 g/mol. The second kappa shape index (κ2) is 13.2. The fourth-order valence-electron chi connectivity index (χ4n) is 2.74. The van der Waals surface area contributed by atoms with E-state index in [0.717, 1.165) is 38.7 Å². The van der Waals surface area contributed by atoms with E-state index in [4.69, 9.17) is 17.4 Å². The van der Waals surface area contributed by atoms with Gasteiger partial charge < -0.3 is 5.84 Å². The number of carbonyl (C=O) groups is 1. The molecule has 4 aromatic rings. The largest absolute Gasteiger partial charge is 0.334 e. The summed E-state index contributed by atoms with van der Waals surface area (Å²) in [7, 11) is 0. The summed E-state index contributed by atoms with van der Waals surface area (Å²) >= 11 is 9.90. The summed E-state index contributed by atoms with van der Waals surface area (Å²) in [5, 5.41) is 24.6. The van der Waals surface area contributed by atoms with E-state index in [1.807, 2.05) is 73.7 Å². The van der Waals surface area contributed by atoms with Crippen LogP contribution in [-0.2, 0) is 10.5 Å². The van der Waals surface area contributed by atoms with Crippen molar-refractivity contribution in [3.63, 3.8) is 0 Å². The number of amides is 1. The maximum Gasteiger partial charge on any atom is 0.264 e. The molecule has 0 aliphatic carbocycles. The van der Waals surface area contributed by atoms with Gasteiger partial charge in [0.1, 0.15) is 0 Å². The normalized spacial score (nSPS) is 11.7. The van der Waals surface area contributed by atoms with E-state index in [1.54, 1.807) is 0 Å². The molecule has 0 fully saturated rings. The topological polar surface area (TPSA) is 136 Å². The number of rotatable bonds is 11. The molecule has 0 radical (unpaired) electrons. The summed E-state index contributed by atoms with van der Waals surface area (Å²) in [5.41, 5.74) is 5.70. The summed E-state index contributed by atoms with van der Waals surface area (Å²) in [5.74, 6) is 6.84. The number of carbonyl (C=O) groups excluding carboxylic acids is 1. The molecule has 0 bridgehead atoms. The smallest absolute Gasteiger partial charge is 0.264 e. The number of hydrogen-bond donors (Lipinski definition) is 3. The highest BCUT2D eigenvalue weighted by Crippen LogP contribution is 2.29. The van der Waals surface area contributed by atoms with E-state index < -0.39 is 0 Å². The molecule has 0 saturated heterocycles. The Bertz CT molecular complexity index is 1390. The Balaban J connectivity index is 1.23. The Morgan fingerprint density at radius 2 is 1.89 bits per heavy atom. The standard InChI is InChI=1S/C23H22ClN9OS3/c1-15(7-8-16-5-3-2-4-6-16)27-28-20-29-31-22(33(20)25)35-14-19(34)26-21-30-32-23(37-21)36-13-17-9-11-18(24)12-10-17/h2-12H,13-14,25H2,1H3,(H,28,29)(H,26,30,34)/b8-7+,27-15+. The third kappa shape index (κ3) is 8.32. The van der Waals surface area contributed by atoms with Crippen LogP contribution in [0.4, 0.5) is 11.1 Å². The molecule has 4 rings (SSSR count). The maximum absolute atomic E-state index is 12.4. The van der Waals surface area contributed by atoms with Crippen LogP contribution < -0.4 is 16.6 Å². The lowest BCUT2D eigenvalue weighted by Crippen LogP contribution is -2.17. The van der Waals surface area contributed by atoms with Gasteiger partial charge >= 0.3 is 0 Å². The van der Waals surface area contributed by atoms with E-state index in [2.05, 4.69) is 36.2 Å². The van der Waals surface area contributed by atoms with Gasteiger partial charge in [-0.1, -0.05) is 95.0 Å². The molecule has 0 aliphatic heterocycles. The molecule has 1 amide bonds. The molecule has 190 valence electrons. The highest BCUT2D eigenvalue weighted by atomic mass is 35.5. The summed E-state index contributed by atoms with van der Waals surface area (Å²) < 4.78 is 2.00. The average molecular weight is 572 g/mol. The number of hydrogen-bond acceptors (Lipinski definition) is 11. The number of allylic oxidation sites excluding steroid dienone is 1. The molecule has 0 saturated carbocycles. The minimum absolute atomic E-state index is 0.0737. The van der Waals surface area contributed by atoms with Gasteiger partial charge in [-0.3, -0.25) is 10.1 Å². The highest BCUT2D eigenvalue weighted by molar-refractivity contribution is 8.00. The number of halogens is 1. The molecule has 2 aromatic heterocycles. The Labute approximate surface area is 230 Å². The Morgan fingerprint density at radius 3 is 2.68 bits per heavy atom. The quantitative estimate of drug-likeness (QED) is 0.0745. The minimum atomic E-state index is -0.257. The number of nitrogens with two attached hydrogens (primary N) is 1. The van der Waals surface area contributed by atoms with Crippen LogP contribution in [0.15, 0.2) is 75.3 Å². The Morgan fingerprint density at radius 1 is 1.11 bits per heavy atom. The van der Waals surface area contributed by atoms with Gasteiger partial charge in [-0.25, -0.2) is 10.1 Å². The van der Waals surface area contributed by atoms with Gasteiger partial charge in [0.2, 0.25) is 16.2 Å². The van der Waals surface area contributed by atoms with E-state index in [9.17, 15) is 4.79 Å². The zero-order chi connectivity index (χ0) is 26.0. The summed E-state index contributed by atoms with van der Waals surface area (Å²) in [6, 6.07) is 17.5. The first-order chi connectivity index (χ1) is 18.0. The summed E-state index contributed by atoms with van der Waals surface area (Å²) in [6.45, 7) is 1.85. The van der Waals surface area contributed by atoms with Crippen LogP contribution in [0.3, 0.4) is 0 Å². The molecule has 2 heterocycles. The molecule has 0 unspecified atom stereocenters. The van der Waals surface area contributed by atoms with Crippen molar-refractivity contribution in [1.29, 1.82) is 0 Å². The number of thioether (sulfide) groups is 2. The van der Waals surface area contributed by atoms with Crippen LogP contribution in [0.2, 0.25) is 5.02 Å². The van der Waals surface area contributed by atoms with Crippen LogP contribution in [0.25, 0.3) is 6.08 Å². The van der Waals surface area contributed by atoms with E-state index in [0.29, 0.717) is 15.3 Å². The lowest BCUT2D eigenvalue weighted by molar-refractivity contribution is -0.113. The fraction of sp³-hybridized carbons (Fsp3) is 0.130. The SMILES string of the molecule is CC(/C=C/c1ccccc1)=N\Nc1nnc(SCC(=O)Nc2nnc(SCc3ccc(Cl)cc3)s2)n1N. The number of hydrazone groups is 1. The molecule has 10 nitrogen and oxygen atoms in total. The molecule has 37 heavy (non-hydrogen) atoms. The van der Waals surface area contributed by atoms with Crippen LogP contribution >= 0.6 is 46.5 Å². The molecule has 4 N–H and O–H groups in total. The molecule has 14 heteroatoms. The number of benzene rings is 2. The number of anilines is 2. The number of aromatic nitrogens is 5. The van der Waals surface area contributed by atoms with Gasteiger partial charge in [-0.2, -0.15) is 5.10 Å². The maximum atomic E-state index is 12.4. The lowest BCUT2D eigenvalue weighted by atomic mass is 10.2. The minimum Gasteiger partial charge on any atom is -0.334 e. The summed E-state index contributed by atoms with van der Waals surface area (Å²) in [4.78, 5) is 12.4. The van der Waals surface area contributed by atoms with Gasteiger partial charge in [0.05, 0.1) is 11.5 Å². The lowest BCUT2D eigenvalue weighted by Gasteiger charge is -2.03. The van der Waals surface area contributed by atoms with E-state index >= 15 is 0 Å². The van der Waals surface area contributed by atoms with Gasteiger partial charge in [0.25, 0.3) is 5.95 Å². The molecule has 0 atom stereocenters. The first-order valence-electron chi connectivity index (χ1n) is 10.8. The fourth-order valence-corrected chi connectivity index (χ4v) is 5.24. The predicted molar refractivity (Wildman–Crippen MR) is 153 cm³/mol. The van der Waals surface area contributed by atoms with Crippen LogP contribution in [0, 0.1) is 0 Å². The Hall–Kier alpha value is -3.39. The second-order valence-electron chi connectivity index (χ2n) is 7.41. The molecule has 0 spiro atoms. The van der Waals surface area contributed by atoms with Crippen molar-refractivity contribution in [3.8, 4) is 0 Å². The van der Waals surface area contributed by atoms with E-state index in [-0.39, 0.29) is 17.6 Å². The first-order valence-corrected chi connectivity index (χ1v) is 14.0. The van der Waals surface area contributed by atoms with Crippen molar-refractivity contribution in [1.82, 2.24) is 25.1 Å². The van der Waals surface area contributed by atoms with Crippen molar-refractivity contribution in [2.75, 3.05) is 22.3 Å². The monoisotopic (exact) mass is 571 g/mol. The van der Waals surface area contributed by atoms with Gasteiger partial charge in [-0.05, 0) is 36.3 Å². The highest BCUT2D eigenvalue weighted by Gasteiger charge is 2.14. The number of nitrogens with one attached hydrogen (secondary N) is 2. The van der Waals surface area contributed by atoms with Crippen molar-refractivity contribution in [3.05, 3.63) is 76.8 Å². The molecular formula is C23H22ClN9OS3. The van der Waals surface area contributed by atoms with Crippen LogP contribution in [-0.4, -0.2) is 42.4 Å². The Kier molecular flexibility index (Phi) is 9.54. The predicted octanol–water partition coefficient (Wildman–Crippen LogP) is 5.02. The van der Waals surface area contributed by atoms with Crippen molar-refractivity contribution in [2.24, 2.45) is 5.10 Å². The van der Waals surface area contributed by atoms with Crippen molar-refractivity contribution in [2.45, 2.75) is 22.2 Å². The molecule has 0 aliphatic rings. The average Bonchev–Trinajstić information content (AvgIpc) is 3.50. The third-order valence-electron chi connectivity index (χ3n) is 4.57. The number of nitrogen functional groups attached to an aromatic ring is 1. The van der Waals surface area contributed by atoms with Gasteiger partial charge in [0, 0.05) is 10.8 Å². The number of nitrogens with zero attached hydrogens (tertiary/aromatic N) is 6. The second-order valence-corrected chi connectivity index (χ2v) is 11.0. The zero-order valence-electron chi connectivity index (χ0n) is 19.5. The van der Waals surface area contributed by atoms with Crippen molar-refractivity contribution >= 4 is 75.2 Å². The zero-order valence-corrected chi connectivity index (χ0v) is 22.7. The third-order valence-corrected chi connectivity index (χ3v) is 7.81. The van der Waals surface area contributed by atoms with Crippen LogP contribution in [0.1, 0.15) is 18.1 Å². The molecule has 2 aromatic carbocycles. The van der Waals surface area contributed by atoms with Gasteiger partial charge in [0.15, 0.2) is 4.34 Å². The van der Waals surface area contributed by atoms with E-state index in [1.165, 1.54) is 27.8 Å². The first kappa shape index (κ1) is 26.7. The summed E-state index contributed by atoms with van der Waals surface area (Å²) in [6.07, 6.45) is 3.82. The van der Waals surface area contributed by atoms with Gasteiger partial charge in [-0.15, -0.1) is 20.4 Å².